The summed E-state index contributed by atoms with van der Waals surface area (Å²) in [6, 6.07) is 7.88. The summed E-state index contributed by atoms with van der Waals surface area (Å²) >= 11 is 1.84. The fourth-order valence-corrected chi connectivity index (χ4v) is 5.83. The predicted octanol–water partition coefficient (Wildman–Crippen LogP) is 3.34. The molecule has 5 rings (SSSR count). The van der Waals surface area contributed by atoms with Crippen molar-refractivity contribution in [1.82, 2.24) is 4.90 Å². The van der Waals surface area contributed by atoms with E-state index in [-0.39, 0.29) is 0 Å². The number of carbonyl (C=O) groups excluding carboxylic acids is 2. The Bertz CT molecular complexity index is 952. The topological polar surface area (TPSA) is 65.1 Å². The number of methoxy groups -OCH3 is 1. The van der Waals surface area contributed by atoms with Crippen LogP contribution in [0.15, 0.2) is 29.6 Å². The Morgan fingerprint density at radius 3 is 2.83 bits per heavy atom. The molecule has 2 aromatic rings. The van der Waals surface area contributed by atoms with Crippen LogP contribution >= 0.6 is 11.3 Å². The molecule has 1 aromatic heterocycles. The number of esters is 2. The third kappa shape index (κ3) is 3.04. The molecule has 1 aliphatic carbocycles. The highest BCUT2D eigenvalue weighted by Gasteiger charge is 2.57. The Labute approximate surface area is 173 Å². The van der Waals surface area contributed by atoms with Gasteiger partial charge in [-0.05, 0) is 72.7 Å². The number of benzene rings is 1. The third-order valence-corrected chi connectivity index (χ3v) is 7.27. The Morgan fingerprint density at radius 2 is 2.03 bits per heavy atom. The lowest BCUT2D eigenvalue weighted by atomic mass is 9.85. The monoisotopic (exact) mass is 413 g/mol. The number of hydrogen-bond acceptors (Lipinski definition) is 7. The van der Waals surface area contributed by atoms with Gasteiger partial charge in [0.2, 0.25) is 0 Å². The Hall–Kier alpha value is -2.38. The number of hydrogen-bond donors (Lipinski definition) is 0. The van der Waals surface area contributed by atoms with E-state index in [1.54, 1.807) is 7.11 Å². The van der Waals surface area contributed by atoms with Crippen molar-refractivity contribution in [1.29, 1.82) is 0 Å². The summed E-state index contributed by atoms with van der Waals surface area (Å²) in [5, 5.41) is 2.18. The average Bonchev–Trinajstić information content (AvgIpc) is 3.33. The molecular formula is C22H23NO5S. The number of nitrogens with zero attached hydrogens (tertiary/aromatic N) is 1. The van der Waals surface area contributed by atoms with Crippen LogP contribution in [0.1, 0.15) is 46.7 Å². The summed E-state index contributed by atoms with van der Waals surface area (Å²) in [7, 11) is 1.59. The quantitative estimate of drug-likeness (QED) is 0.566. The zero-order valence-corrected chi connectivity index (χ0v) is 17.1. The van der Waals surface area contributed by atoms with Crippen molar-refractivity contribution in [2.24, 2.45) is 0 Å². The average molecular weight is 413 g/mol. The second kappa shape index (κ2) is 7.15. The molecule has 0 radical (unpaired) electrons. The van der Waals surface area contributed by atoms with Gasteiger partial charge < -0.3 is 14.2 Å². The number of carbonyl (C=O) groups is 2. The van der Waals surface area contributed by atoms with Gasteiger partial charge >= 0.3 is 17.8 Å². The van der Waals surface area contributed by atoms with Crippen molar-refractivity contribution in [2.45, 2.75) is 43.9 Å². The smallest absolute Gasteiger partial charge is 0.422 e. The molecule has 3 aliphatic rings. The van der Waals surface area contributed by atoms with E-state index in [1.807, 2.05) is 34.4 Å². The molecule has 3 heterocycles. The van der Waals surface area contributed by atoms with Gasteiger partial charge in [0.15, 0.2) is 0 Å². The first-order chi connectivity index (χ1) is 14.1. The minimum atomic E-state index is -1.48. The molecule has 29 heavy (non-hydrogen) atoms. The summed E-state index contributed by atoms with van der Waals surface area (Å²) in [4.78, 5) is 27.6. The van der Waals surface area contributed by atoms with Crippen LogP contribution in [0.3, 0.4) is 0 Å². The molecule has 6 nitrogen and oxygen atoms in total. The maximum atomic E-state index is 12.0. The van der Waals surface area contributed by atoms with Gasteiger partial charge in [-0.1, -0.05) is 6.07 Å². The summed E-state index contributed by atoms with van der Waals surface area (Å²) in [5.41, 5.74) is 3.14. The predicted molar refractivity (Wildman–Crippen MR) is 107 cm³/mol. The second-order valence-corrected chi connectivity index (χ2v) is 8.80. The van der Waals surface area contributed by atoms with Crippen molar-refractivity contribution in [3.8, 4) is 5.75 Å². The van der Waals surface area contributed by atoms with E-state index < -0.39 is 17.8 Å². The largest absolute Gasteiger partial charge is 0.497 e. The van der Waals surface area contributed by atoms with Crippen LogP contribution in [0, 0.1) is 0 Å². The zero-order valence-electron chi connectivity index (χ0n) is 16.3. The highest BCUT2D eigenvalue weighted by atomic mass is 32.1. The molecule has 0 bridgehead atoms. The highest BCUT2D eigenvalue weighted by molar-refractivity contribution is 7.10. The number of ether oxygens (including phenoxy) is 3. The molecule has 1 atom stereocenters. The molecule has 7 heteroatoms. The van der Waals surface area contributed by atoms with Gasteiger partial charge in [0, 0.05) is 18.0 Å². The fourth-order valence-electron chi connectivity index (χ4n) is 4.81. The van der Waals surface area contributed by atoms with E-state index in [4.69, 9.17) is 14.2 Å². The minimum Gasteiger partial charge on any atom is -0.497 e. The molecule has 0 N–H and O–H groups in total. The summed E-state index contributed by atoms with van der Waals surface area (Å²) < 4.78 is 16.6. The Kier molecular flexibility index (Phi) is 4.59. The zero-order chi connectivity index (χ0) is 20.0. The first-order valence-electron chi connectivity index (χ1n) is 10.1. The van der Waals surface area contributed by atoms with E-state index in [2.05, 4.69) is 11.4 Å². The maximum Gasteiger partial charge on any atom is 0.422 e. The van der Waals surface area contributed by atoms with E-state index >= 15 is 0 Å². The van der Waals surface area contributed by atoms with Gasteiger partial charge in [0.25, 0.3) is 0 Å². The number of rotatable bonds is 4. The molecule has 0 amide bonds. The lowest BCUT2D eigenvalue weighted by Gasteiger charge is -2.42. The van der Waals surface area contributed by atoms with E-state index in [0.29, 0.717) is 30.3 Å². The van der Waals surface area contributed by atoms with Gasteiger partial charge in [-0.15, -0.1) is 11.3 Å². The summed E-state index contributed by atoms with van der Waals surface area (Å²) in [6.45, 7) is 1.33. The molecule has 1 fully saturated rings. The summed E-state index contributed by atoms with van der Waals surface area (Å²) in [5.74, 6) is -2.24. The SMILES string of the molecule is COc1ccc2c(c1)C1(OC(=O)C(=O)O1)N(CCC1CCCc3sccc31)CC2. The van der Waals surface area contributed by atoms with Gasteiger partial charge in [-0.25, -0.2) is 14.5 Å². The molecule has 1 aromatic carbocycles. The van der Waals surface area contributed by atoms with Crippen LogP contribution in [0.4, 0.5) is 0 Å². The second-order valence-electron chi connectivity index (χ2n) is 7.80. The van der Waals surface area contributed by atoms with Gasteiger partial charge in [0.1, 0.15) is 5.75 Å². The van der Waals surface area contributed by atoms with Gasteiger partial charge in [-0.2, -0.15) is 0 Å². The lowest BCUT2D eigenvalue weighted by molar-refractivity contribution is -0.264. The number of aryl methyl sites for hydroxylation is 1. The van der Waals surface area contributed by atoms with Crippen molar-refractivity contribution >= 4 is 23.3 Å². The van der Waals surface area contributed by atoms with Crippen LogP contribution in [-0.2, 0) is 37.8 Å². The molecule has 0 saturated carbocycles. The van der Waals surface area contributed by atoms with E-state index in [9.17, 15) is 9.59 Å². The maximum absolute atomic E-state index is 12.0. The van der Waals surface area contributed by atoms with Crippen molar-refractivity contribution in [3.63, 3.8) is 0 Å². The Morgan fingerprint density at radius 1 is 1.21 bits per heavy atom. The molecular weight excluding hydrogens is 390 g/mol. The van der Waals surface area contributed by atoms with Crippen molar-refractivity contribution in [3.05, 3.63) is 51.2 Å². The first kappa shape index (κ1) is 18.6. The third-order valence-electron chi connectivity index (χ3n) is 6.28. The number of thiophene rings is 1. The van der Waals surface area contributed by atoms with Crippen LogP contribution < -0.4 is 4.74 Å². The molecule has 152 valence electrons. The van der Waals surface area contributed by atoms with Crippen LogP contribution in [0.25, 0.3) is 0 Å². The highest BCUT2D eigenvalue weighted by Crippen LogP contribution is 2.44. The molecule has 1 unspecified atom stereocenters. The fraction of sp³-hybridized carbons (Fsp3) is 0.455. The first-order valence-corrected chi connectivity index (χ1v) is 10.9. The lowest BCUT2D eigenvalue weighted by Crippen LogP contribution is -2.52. The summed E-state index contributed by atoms with van der Waals surface area (Å²) in [6.07, 6.45) is 5.26. The van der Waals surface area contributed by atoms with E-state index in [1.165, 1.54) is 23.3 Å². The molecule has 1 saturated heterocycles. The van der Waals surface area contributed by atoms with Crippen molar-refractivity contribution in [2.75, 3.05) is 20.2 Å². The van der Waals surface area contributed by atoms with Gasteiger partial charge in [0.05, 0.1) is 12.7 Å². The van der Waals surface area contributed by atoms with Crippen LogP contribution in [0.5, 0.6) is 5.75 Å². The minimum absolute atomic E-state index is 0.488. The van der Waals surface area contributed by atoms with E-state index in [0.717, 1.165) is 24.8 Å². The molecule has 2 aliphatic heterocycles. The normalized spacial score (nSPS) is 22.7. The standard InChI is InChI=1S/C22H23NO5S/c1-26-16-6-5-15-8-11-23(22(18(15)13-16)27-20(24)21(25)28-22)10-7-14-3-2-4-19-17(14)9-12-29-19/h5-6,9,12-14H,2-4,7-8,10-11H2,1H3. The number of fused-ring (bicyclic) bond motifs is 3. The van der Waals surface area contributed by atoms with Crippen molar-refractivity contribution < 1.29 is 23.8 Å². The van der Waals surface area contributed by atoms with Crippen LogP contribution in [0.2, 0.25) is 0 Å². The van der Waals surface area contributed by atoms with Crippen LogP contribution in [-0.4, -0.2) is 37.0 Å². The van der Waals surface area contributed by atoms with Gasteiger partial charge in [-0.3, -0.25) is 0 Å². The molecule has 1 spiro atoms. The Balaban J connectivity index is 1.45.